The molecule has 0 N–H and O–H groups in total. The predicted molar refractivity (Wildman–Crippen MR) is 109 cm³/mol. The van der Waals surface area contributed by atoms with E-state index in [9.17, 15) is 4.79 Å². The standard InChI is InChI=1S/C21H36O3Si/c1-20(2,3)17-12-16(14-22)13-18(21(4,5)6)19(17)24-15-23-10-11-25(7,8)9/h12-14H,10-11,15H2,1-9H3. The van der Waals surface area contributed by atoms with Gasteiger partial charge in [-0.25, -0.2) is 0 Å². The molecule has 0 spiro atoms. The maximum Gasteiger partial charge on any atom is 0.189 e. The molecule has 1 aromatic carbocycles. The zero-order valence-corrected chi connectivity index (χ0v) is 18.6. The SMILES string of the molecule is CC(C)(C)c1cc(C=O)cc(C(C)(C)C)c1OCOCC[Si](C)(C)C. The summed E-state index contributed by atoms with van der Waals surface area (Å²) >= 11 is 0. The van der Waals surface area contributed by atoms with E-state index in [4.69, 9.17) is 9.47 Å². The molecule has 4 heteroatoms. The summed E-state index contributed by atoms with van der Waals surface area (Å²) in [6.45, 7) is 20.8. The summed E-state index contributed by atoms with van der Waals surface area (Å²) < 4.78 is 11.9. The van der Waals surface area contributed by atoms with E-state index in [0.29, 0.717) is 5.56 Å². The molecule has 0 aliphatic rings. The van der Waals surface area contributed by atoms with Crippen LogP contribution in [0.1, 0.15) is 63.0 Å². The minimum absolute atomic E-state index is 0.118. The van der Waals surface area contributed by atoms with Crippen LogP contribution in [0.5, 0.6) is 5.75 Å². The zero-order chi connectivity index (χ0) is 19.5. The molecule has 0 bridgehead atoms. The van der Waals surface area contributed by atoms with E-state index in [2.05, 4.69) is 61.2 Å². The summed E-state index contributed by atoms with van der Waals surface area (Å²) in [5.74, 6) is 0.860. The minimum atomic E-state index is -1.10. The Morgan fingerprint density at radius 2 is 1.44 bits per heavy atom. The highest BCUT2D eigenvalue weighted by molar-refractivity contribution is 6.76. The van der Waals surface area contributed by atoms with Crippen LogP contribution < -0.4 is 4.74 Å². The van der Waals surface area contributed by atoms with Gasteiger partial charge in [0.05, 0.1) is 0 Å². The van der Waals surface area contributed by atoms with E-state index in [1.807, 2.05) is 12.1 Å². The van der Waals surface area contributed by atoms with Gasteiger partial charge in [0.1, 0.15) is 12.0 Å². The first-order valence-corrected chi connectivity index (χ1v) is 12.8. The first-order chi connectivity index (χ1) is 11.3. The van der Waals surface area contributed by atoms with Crippen LogP contribution >= 0.6 is 0 Å². The molecule has 0 heterocycles. The molecule has 0 amide bonds. The van der Waals surface area contributed by atoms with Crippen LogP contribution in [0.3, 0.4) is 0 Å². The predicted octanol–water partition coefficient (Wildman–Crippen LogP) is 5.79. The molecule has 25 heavy (non-hydrogen) atoms. The third-order valence-corrected chi connectivity index (χ3v) is 5.85. The highest BCUT2D eigenvalue weighted by Gasteiger charge is 2.28. The van der Waals surface area contributed by atoms with Gasteiger partial charge in [0.25, 0.3) is 0 Å². The molecule has 0 aliphatic heterocycles. The van der Waals surface area contributed by atoms with Crippen molar-refractivity contribution >= 4 is 14.4 Å². The van der Waals surface area contributed by atoms with Crippen molar-refractivity contribution in [2.75, 3.05) is 13.4 Å². The second-order valence-corrected chi connectivity index (χ2v) is 15.7. The largest absolute Gasteiger partial charge is 0.467 e. The Morgan fingerprint density at radius 3 is 1.80 bits per heavy atom. The van der Waals surface area contributed by atoms with E-state index in [1.165, 1.54) is 0 Å². The van der Waals surface area contributed by atoms with Crippen molar-refractivity contribution in [3.05, 3.63) is 28.8 Å². The van der Waals surface area contributed by atoms with Crippen molar-refractivity contribution in [2.24, 2.45) is 0 Å². The van der Waals surface area contributed by atoms with Gasteiger partial charge in [-0.1, -0.05) is 61.2 Å². The van der Waals surface area contributed by atoms with Crippen LogP contribution in [0.15, 0.2) is 12.1 Å². The summed E-state index contributed by atoms with van der Waals surface area (Å²) in [5.41, 5.74) is 2.56. The van der Waals surface area contributed by atoms with E-state index >= 15 is 0 Å². The van der Waals surface area contributed by atoms with Gasteiger partial charge in [-0.2, -0.15) is 0 Å². The van der Waals surface area contributed by atoms with Crippen molar-refractivity contribution in [3.8, 4) is 5.75 Å². The monoisotopic (exact) mass is 364 g/mol. The van der Waals surface area contributed by atoms with E-state index in [-0.39, 0.29) is 17.6 Å². The molecule has 0 saturated carbocycles. The highest BCUT2D eigenvalue weighted by Crippen LogP contribution is 2.40. The van der Waals surface area contributed by atoms with Crippen LogP contribution in [-0.4, -0.2) is 27.8 Å². The summed E-state index contributed by atoms with van der Waals surface area (Å²) in [6, 6.07) is 5.01. The molecule has 1 aromatic rings. The molecule has 0 aliphatic carbocycles. The third kappa shape index (κ3) is 6.94. The van der Waals surface area contributed by atoms with E-state index in [1.54, 1.807) is 0 Å². The topological polar surface area (TPSA) is 35.5 Å². The van der Waals surface area contributed by atoms with Gasteiger partial charge in [0.15, 0.2) is 6.79 Å². The second-order valence-electron chi connectivity index (χ2n) is 10.0. The fraction of sp³-hybridized carbons (Fsp3) is 0.667. The Labute approximate surface area is 155 Å². The summed E-state index contributed by atoms with van der Waals surface area (Å²) in [6.07, 6.45) is 0.915. The van der Waals surface area contributed by atoms with Gasteiger partial charge in [-0.3, -0.25) is 4.79 Å². The van der Waals surface area contributed by atoms with Crippen LogP contribution in [0.2, 0.25) is 25.7 Å². The lowest BCUT2D eigenvalue weighted by atomic mass is 9.78. The Bertz CT molecular complexity index is 552. The summed E-state index contributed by atoms with van der Waals surface area (Å²) in [4.78, 5) is 11.4. The third-order valence-electron chi connectivity index (χ3n) is 4.15. The maximum absolute atomic E-state index is 11.4. The Morgan fingerprint density at radius 1 is 0.960 bits per heavy atom. The van der Waals surface area contributed by atoms with Crippen molar-refractivity contribution in [1.82, 2.24) is 0 Å². The normalized spacial score (nSPS) is 13.0. The minimum Gasteiger partial charge on any atom is -0.467 e. The van der Waals surface area contributed by atoms with Crippen LogP contribution in [0.25, 0.3) is 0 Å². The molecular weight excluding hydrogens is 328 g/mol. The number of hydrogen-bond donors (Lipinski definition) is 0. The summed E-state index contributed by atoms with van der Waals surface area (Å²) in [5, 5.41) is 0. The van der Waals surface area contributed by atoms with Crippen molar-refractivity contribution in [1.29, 1.82) is 0 Å². The maximum atomic E-state index is 11.4. The van der Waals surface area contributed by atoms with E-state index < -0.39 is 8.07 Å². The van der Waals surface area contributed by atoms with Crippen LogP contribution in [-0.2, 0) is 15.6 Å². The number of carbonyl (C=O) groups excluding carboxylic acids is 1. The first-order valence-electron chi connectivity index (χ1n) is 9.10. The molecular formula is C21H36O3Si. The molecule has 142 valence electrons. The van der Waals surface area contributed by atoms with Gasteiger partial charge in [0.2, 0.25) is 0 Å². The molecule has 3 nitrogen and oxygen atoms in total. The van der Waals surface area contributed by atoms with Gasteiger partial charge in [-0.05, 0) is 29.0 Å². The Balaban J connectivity index is 3.11. The second kappa shape index (κ2) is 8.04. The lowest BCUT2D eigenvalue weighted by molar-refractivity contribution is 0.0199. The molecule has 1 rings (SSSR count). The lowest BCUT2D eigenvalue weighted by Crippen LogP contribution is -2.23. The Hall–Kier alpha value is -1.13. The number of rotatable bonds is 7. The number of ether oxygens (including phenoxy) is 2. The zero-order valence-electron chi connectivity index (χ0n) is 17.6. The van der Waals surface area contributed by atoms with Crippen molar-refractivity contribution < 1.29 is 14.3 Å². The van der Waals surface area contributed by atoms with Gasteiger partial charge in [0, 0.05) is 31.4 Å². The van der Waals surface area contributed by atoms with E-state index in [0.717, 1.165) is 35.8 Å². The van der Waals surface area contributed by atoms with Gasteiger partial charge < -0.3 is 9.47 Å². The number of aldehydes is 1. The lowest BCUT2D eigenvalue weighted by Gasteiger charge is -2.30. The fourth-order valence-electron chi connectivity index (χ4n) is 2.53. The smallest absolute Gasteiger partial charge is 0.189 e. The number of carbonyl (C=O) groups is 1. The quantitative estimate of drug-likeness (QED) is 0.266. The molecule has 0 atom stereocenters. The Kier molecular flexibility index (Phi) is 7.05. The number of benzene rings is 1. The average Bonchev–Trinajstić information content (AvgIpc) is 2.43. The molecule has 0 radical (unpaired) electrons. The molecule has 0 saturated heterocycles. The highest BCUT2D eigenvalue weighted by atomic mass is 28.3. The summed E-state index contributed by atoms with van der Waals surface area (Å²) in [7, 11) is -1.10. The van der Waals surface area contributed by atoms with Crippen molar-refractivity contribution in [3.63, 3.8) is 0 Å². The van der Waals surface area contributed by atoms with Crippen molar-refractivity contribution in [2.45, 2.75) is 78.1 Å². The molecule has 0 fully saturated rings. The average molecular weight is 365 g/mol. The first kappa shape index (κ1) is 21.9. The molecule has 0 unspecified atom stereocenters. The van der Waals surface area contributed by atoms with Gasteiger partial charge in [-0.15, -0.1) is 0 Å². The fourth-order valence-corrected chi connectivity index (χ4v) is 3.28. The van der Waals surface area contributed by atoms with Crippen LogP contribution in [0.4, 0.5) is 0 Å². The molecule has 0 aromatic heterocycles. The van der Waals surface area contributed by atoms with Crippen LogP contribution in [0, 0.1) is 0 Å². The number of hydrogen-bond acceptors (Lipinski definition) is 3. The van der Waals surface area contributed by atoms with Gasteiger partial charge >= 0.3 is 0 Å².